The highest BCUT2D eigenvalue weighted by Gasteiger charge is 2.15. The largest absolute Gasteiger partial charge is 0.448 e. The Labute approximate surface area is 119 Å². The van der Waals surface area contributed by atoms with Crippen molar-refractivity contribution < 1.29 is 4.42 Å². The maximum Gasteiger partial charge on any atom is 0.193 e. The van der Waals surface area contributed by atoms with Crippen LogP contribution in [0.5, 0.6) is 0 Å². The molecular formula is C16H20ClNO. The van der Waals surface area contributed by atoms with Gasteiger partial charge in [-0.1, -0.05) is 37.6 Å². The van der Waals surface area contributed by atoms with Crippen molar-refractivity contribution in [2.75, 3.05) is 7.05 Å². The predicted molar refractivity (Wildman–Crippen MR) is 79.7 cm³/mol. The number of aryl methyl sites for hydroxylation is 1. The van der Waals surface area contributed by atoms with Gasteiger partial charge in [-0.15, -0.1) is 0 Å². The molecule has 0 fully saturated rings. The molecule has 1 aromatic carbocycles. The van der Waals surface area contributed by atoms with E-state index in [-0.39, 0.29) is 6.04 Å². The molecule has 1 atom stereocenters. The number of unbranched alkanes of at least 4 members (excludes halogenated alkanes) is 1. The molecule has 0 aliphatic rings. The molecule has 0 spiro atoms. The summed E-state index contributed by atoms with van der Waals surface area (Å²) < 4.78 is 5.49. The van der Waals surface area contributed by atoms with Gasteiger partial charge in [0.1, 0.15) is 5.76 Å². The SMILES string of the molecule is CCCCc1ccc(C(NC)c2ccc(Cl)o2)cc1. The standard InChI is InChI=1S/C16H20ClNO/c1-3-4-5-12-6-8-13(9-7-12)16(18-2)14-10-11-15(17)19-14/h6-11,16,18H,3-5H2,1-2H3. The third-order valence-corrected chi connectivity index (χ3v) is 3.50. The van der Waals surface area contributed by atoms with Crippen LogP contribution in [0.15, 0.2) is 40.8 Å². The topological polar surface area (TPSA) is 25.2 Å². The van der Waals surface area contributed by atoms with Gasteiger partial charge in [-0.25, -0.2) is 0 Å². The summed E-state index contributed by atoms with van der Waals surface area (Å²) >= 11 is 5.84. The van der Waals surface area contributed by atoms with E-state index in [1.165, 1.54) is 24.0 Å². The number of rotatable bonds is 6. The van der Waals surface area contributed by atoms with Crippen LogP contribution in [0.2, 0.25) is 5.22 Å². The maximum absolute atomic E-state index is 5.84. The van der Waals surface area contributed by atoms with Gasteiger partial charge in [0.25, 0.3) is 0 Å². The van der Waals surface area contributed by atoms with Gasteiger partial charge in [-0.2, -0.15) is 0 Å². The number of hydrogen-bond donors (Lipinski definition) is 1. The van der Waals surface area contributed by atoms with Crippen LogP contribution in [0.25, 0.3) is 0 Å². The summed E-state index contributed by atoms with van der Waals surface area (Å²) in [6.45, 7) is 2.21. The lowest BCUT2D eigenvalue weighted by atomic mass is 10.0. The fourth-order valence-electron chi connectivity index (χ4n) is 2.21. The van der Waals surface area contributed by atoms with Crippen LogP contribution in [0.3, 0.4) is 0 Å². The fraction of sp³-hybridized carbons (Fsp3) is 0.375. The van der Waals surface area contributed by atoms with Crippen molar-refractivity contribution >= 4 is 11.6 Å². The van der Waals surface area contributed by atoms with E-state index in [2.05, 4.69) is 36.5 Å². The number of halogens is 1. The normalized spacial score (nSPS) is 12.6. The second-order valence-corrected chi connectivity index (χ2v) is 5.08. The van der Waals surface area contributed by atoms with Crippen molar-refractivity contribution in [1.82, 2.24) is 5.32 Å². The number of benzene rings is 1. The second kappa shape index (κ2) is 6.78. The summed E-state index contributed by atoms with van der Waals surface area (Å²) in [7, 11) is 1.92. The Morgan fingerprint density at radius 3 is 2.42 bits per heavy atom. The first-order valence-corrected chi connectivity index (χ1v) is 7.13. The summed E-state index contributed by atoms with van der Waals surface area (Å²) in [5.74, 6) is 0.841. The van der Waals surface area contributed by atoms with E-state index in [9.17, 15) is 0 Å². The van der Waals surface area contributed by atoms with E-state index in [4.69, 9.17) is 16.0 Å². The molecule has 1 heterocycles. The van der Waals surface area contributed by atoms with E-state index < -0.39 is 0 Å². The molecule has 2 rings (SSSR count). The summed E-state index contributed by atoms with van der Waals surface area (Å²) in [6.07, 6.45) is 3.61. The fourth-order valence-corrected chi connectivity index (χ4v) is 2.37. The maximum atomic E-state index is 5.84. The summed E-state index contributed by atoms with van der Waals surface area (Å²) in [4.78, 5) is 0. The lowest BCUT2D eigenvalue weighted by Gasteiger charge is -2.14. The van der Waals surface area contributed by atoms with E-state index in [1.54, 1.807) is 6.07 Å². The van der Waals surface area contributed by atoms with Crippen LogP contribution in [0.4, 0.5) is 0 Å². The van der Waals surface area contributed by atoms with E-state index in [0.717, 1.165) is 12.2 Å². The van der Waals surface area contributed by atoms with Gasteiger partial charge in [0, 0.05) is 0 Å². The molecule has 0 saturated heterocycles. The molecule has 0 amide bonds. The van der Waals surface area contributed by atoms with Gasteiger partial charge in [0.05, 0.1) is 6.04 Å². The van der Waals surface area contributed by atoms with Crippen molar-refractivity contribution in [3.8, 4) is 0 Å². The first-order chi connectivity index (χ1) is 9.24. The molecule has 0 aliphatic carbocycles. The Kier molecular flexibility index (Phi) is 5.06. The zero-order valence-corrected chi connectivity index (χ0v) is 12.2. The molecule has 102 valence electrons. The number of hydrogen-bond acceptors (Lipinski definition) is 2. The van der Waals surface area contributed by atoms with Crippen molar-refractivity contribution in [3.05, 3.63) is 58.5 Å². The third kappa shape index (κ3) is 3.62. The Hall–Kier alpha value is -1.25. The van der Waals surface area contributed by atoms with Crippen LogP contribution in [-0.4, -0.2) is 7.05 Å². The van der Waals surface area contributed by atoms with Crippen LogP contribution in [0, 0.1) is 0 Å². The molecule has 0 radical (unpaired) electrons. The lowest BCUT2D eigenvalue weighted by molar-refractivity contribution is 0.465. The number of nitrogens with one attached hydrogen (secondary N) is 1. The molecule has 1 unspecified atom stereocenters. The molecule has 2 nitrogen and oxygen atoms in total. The average Bonchev–Trinajstić information content (AvgIpc) is 2.85. The van der Waals surface area contributed by atoms with Crippen molar-refractivity contribution in [2.24, 2.45) is 0 Å². The van der Waals surface area contributed by atoms with Crippen molar-refractivity contribution in [3.63, 3.8) is 0 Å². The molecule has 1 aromatic heterocycles. The van der Waals surface area contributed by atoms with Gasteiger partial charge >= 0.3 is 0 Å². The van der Waals surface area contributed by atoms with Crippen LogP contribution in [-0.2, 0) is 6.42 Å². The van der Waals surface area contributed by atoms with E-state index in [0.29, 0.717) is 5.22 Å². The zero-order valence-electron chi connectivity index (χ0n) is 11.4. The molecule has 3 heteroatoms. The van der Waals surface area contributed by atoms with Crippen LogP contribution in [0.1, 0.15) is 42.7 Å². The molecule has 0 bridgehead atoms. The smallest absolute Gasteiger partial charge is 0.193 e. The Morgan fingerprint density at radius 2 is 1.89 bits per heavy atom. The lowest BCUT2D eigenvalue weighted by Crippen LogP contribution is -2.16. The molecule has 1 N–H and O–H groups in total. The third-order valence-electron chi connectivity index (χ3n) is 3.30. The Morgan fingerprint density at radius 1 is 1.16 bits per heavy atom. The highest BCUT2D eigenvalue weighted by atomic mass is 35.5. The minimum Gasteiger partial charge on any atom is -0.448 e. The van der Waals surface area contributed by atoms with Gasteiger partial charge in [-0.3, -0.25) is 0 Å². The van der Waals surface area contributed by atoms with Gasteiger partial charge < -0.3 is 9.73 Å². The minimum absolute atomic E-state index is 0.0488. The predicted octanol–water partition coefficient (Wildman–Crippen LogP) is 4.58. The molecule has 2 aromatic rings. The summed E-state index contributed by atoms with van der Waals surface area (Å²) in [5, 5.41) is 3.68. The monoisotopic (exact) mass is 277 g/mol. The van der Waals surface area contributed by atoms with Crippen molar-refractivity contribution in [1.29, 1.82) is 0 Å². The molecule has 0 saturated carbocycles. The highest BCUT2D eigenvalue weighted by molar-refractivity contribution is 6.28. The Balaban J connectivity index is 2.15. The molecule has 19 heavy (non-hydrogen) atoms. The molecular weight excluding hydrogens is 258 g/mol. The quantitative estimate of drug-likeness (QED) is 0.836. The summed E-state index contributed by atoms with van der Waals surface area (Å²) in [6, 6.07) is 12.4. The van der Waals surface area contributed by atoms with Gasteiger partial charge in [-0.05, 0) is 54.7 Å². The Bertz CT molecular complexity index is 504. The molecule has 0 aliphatic heterocycles. The first kappa shape index (κ1) is 14.2. The number of furan rings is 1. The van der Waals surface area contributed by atoms with Gasteiger partial charge in [0.2, 0.25) is 0 Å². The second-order valence-electron chi connectivity index (χ2n) is 4.71. The van der Waals surface area contributed by atoms with Crippen LogP contribution >= 0.6 is 11.6 Å². The van der Waals surface area contributed by atoms with Crippen molar-refractivity contribution in [2.45, 2.75) is 32.2 Å². The highest BCUT2D eigenvalue weighted by Crippen LogP contribution is 2.26. The zero-order chi connectivity index (χ0) is 13.7. The first-order valence-electron chi connectivity index (χ1n) is 6.76. The summed E-state index contributed by atoms with van der Waals surface area (Å²) in [5.41, 5.74) is 2.58. The van der Waals surface area contributed by atoms with Gasteiger partial charge in [0.15, 0.2) is 5.22 Å². The van der Waals surface area contributed by atoms with E-state index in [1.807, 2.05) is 13.1 Å². The minimum atomic E-state index is 0.0488. The van der Waals surface area contributed by atoms with E-state index >= 15 is 0 Å². The average molecular weight is 278 g/mol. The van der Waals surface area contributed by atoms with Crippen LogP contribution < -0.4 is 5.32 Å².